The summed E-state index contributed by atoms with van der Waals surface area (Å²) in [5, 5.41) is 0.716. The van der Waals surface area contributed by atoms with Crippen molar-refractivity contribution in [2.24, 2.45) is 0 Å². The molecule has 2 aromatic rings. The first-order valence-corrected chi connectivity index (χ1v) is 8.88. The van der Waals surface area contributed by atoms with Crippen LogP contribution >= 0.6 is 11.6 Å². The zero-order valence-corrected chi connectivity index (χ0v) is 14.5. The van der Waals surface area contributed by atoms with Gasteiger partial charge in [-0.05, 0) is 42.6 Å². The number of hydrogen-bond acceptors (Lipinski definition) is 2. The van der Waals surface area contributed by atoms with Crippen LogP contribution in [0.15, 0.2) is 54.6 Å². The third-order valence-corrected chi connectivity index (χ3v) is 4.67. The molecule has 0 radical (unpaired) electrons. The molecule has 2 atom stereocenters. The summed E-state index contributed by atoms with van der Waals surface area (Å²) >= 11 is 6.00. The molecule has 0 aliphatic carbocycles. The second kappa shape index (κ2) is 8.61. The van der Waals surface area contributed by atoms with Gasteiger partial charge in [-0.1, -0.05) is 54.1 Å². The van der Waals surface area contributed by atoms with Crippen molar-refractivity contribution in [2.75, 3.05) is 26.2 Å². The lowest BCUT2D eigenvalue weighted by molar-refractivity contribution is 0.0451. The summed E-state index contributed by atoms with van der Waals surface area (Å²) in [7, 11) is 0. The van der Waals surface area contributed by atoms with Crippen LogP contribution in [0.25, 0.3) is 0 Å². The van der Waals surface area contributed by atoms with Crippen molar-refractivity contribution in [2.45, 2.75) is 25.1 Å². The predicted octanol–water partition coefficient (Wildman–Crippen LogP) is 4.88. The number of piperidine rings is 1. The summed E-state index contributed by atoms with van der Waals surface area (Å²) in [4.78, 5) is 2.15. The highest BCUT2D eigenvalue weighted by molar-refractivity contribution is 6.30. The number of halogens is 2. The van der Waals surface area contributed by atoms with E-state index in [4.69, 9.17) is 16.3 Å². The van der Waals surface area contributed by atoms with Crippen molar-refractivity contribution in [3.05, 3.63) is 70.7 Å². The molecule has 0 spiro atoms. The summed E-state index contributed by atoms with van der Waals surface area (Å²) in [5.41, 5.74) is 2.19. The normalized spacial score (nSPS) is 20.0. The van der Waals surface area contributed by atoms with Crippen LogP contribution in [-0.2, 0) is 4.74 Å². The lowest BCUT2D eigenvalue weighted by Crippen LogP contribution is -2.38. The van der Waals surface area contributed by atoms with Crippen molar-refractivity contribution in [3.8, 4) is 0 Å². The van der Waals surface area contributed by atoms with Crippen LogP contribution in [0.3, 0.4) is 0 Å². The number of ether oxygens (including phenoxy) is 1. The molecule has 0 aromatic heterocycles. The van der Waals surface area contributed by atoms with Crippen LogP contribution in [0.5, 0.6) is 0 Å². The van der Waals surface area contributed by atoms with E-state index in [1.165, 1.54) is 0 Å². The van der Waals surface area contributed by atoms with Crippen molar-refractivity contribution >= 4 is 11.6 Å². The SMILES string of the molecule is FC1CCCN(CCOC(c2ccccc2)c2ccc(Cl)cc2)C1. The van der Waals surface area contributed by atoms with Gasteiger partial charge in [-0.25, -0.2) is 4.39 Å². The zero-order chi connectivity index (χ0) is 16.8. The molecule has 1 aliphatic rings. The van der Waals surface area contributed by atoms with Gasteiger partial charge in [0.05, 0.1) is 6.61 Å². The first-order chi connectivity index (χ1) is 11.7. The Morgan fingerprint density at radius 3 is 2.50 bits per heavy atom. The molecule has 3 rings (SSSR count). The van der Waals surface area contributed by atoms with E-state index in [2.05, 4.69) is 17.0 Å². The van der Waals surface area contributed by atoms with Gasteiger partial charge in [0.25, 0.3) is 0 Å². The summed E-state index contributed by atoms with van der Waals surface area (Å²) in [5.74, 6) is 0. The highest BCUT2D eigenvalue weighted by Crippen LogP contribution is 2.27. The van der Waals surface area contributed by atoms with Crippen LogP contribution < -0.4 is 0 Å². The molecule has 1 aliphatic heterocycles. The minimum atomic E-state index is -0.695. The minimum Gasteiger partial charge on any atom is -0.367 e. The molecule has 2 nitrogen and oxygen atoms in total. The van der Waals surface area contributed by atoms with E-state index >= 15 is 0 Å². The highest BCUT2D eigenvalue weighted by atomic mass is 35.5. The maximum absolute atomic E-state index is 13.5. The van der Waals surface area contributed by atoms with Crippen LogP contribution in [0.1, 0.15) is 30.1 Å². The Bertz CT molecular complexity index is 619. The summed E-state index contributed by atoms with van der Waals surface area (Å²) in [6, 6.07) is 17.9. The van der Waals surface area contributed by atoms with Gasteiger partial charge in [-0.2, -0.15) is 0 Å². The molecule has 128 valence electrons. The molecule has 0 N–H and O–H groups in total. The summed E-state index contributed by atoms with van der Waals surface area (Å²) in [6.45, 7) is 2.83. The van der Waals surface area contributed by atoms with Crippen molar-refractivity contribution in [3.63, 3.8) is 0 Å². The Balaban J connectivity index is 1.65. The summed E-state index contributed by atoms with van der Waals surface area (Å²) in [6.07, 6.45) is 0.796. The van der Waals surface area contributed by atoms with E-state index in [9.17, 15) is 4.39 Å². The van der Waals surface area contributed by atoms with Crippen molar-refractivity contribution in [1.82, 2.24) is 4.90 Å². The quantitative estimate of drug-likeness (QED) is 0.738. The van der Waals surface area contributed by atoms with Crippen molar-refractivity contribution in [1.29, 1.82) is 0 Å². The second-order valence-corrected chi connectivity index (χ2v) is 6.69. The summed E-state index contributed by atoms with van der Waals surface area (Å²) < 4.78 is 19.7. The third-order valence-electron chi connectivity index (χ3n) is 4.42. The van der Waals surface area contributed by atoms with Crippen LogP contribution in [-0.4, -0.2) is 37.3 Å². The van der Waals surface area contributed by atoms with Gasteiger partial charge in [0, 0.05) is 18.1 Å². The van der Waals surface area contributed by atoms with Gasteiger partial charge in [0.1, 0.15) is 12.3 Å². The number of alkyl halides is 1. The molecule has 1 fully saturated rings. The Labute approximate surface area is 148 Å². The van der Waals surface area contributed by atoms with Gasteiger partial charge in [0.15, 0.2) is 0 Å². The number of hydrogen-bond donors (Lipinski definition) is 0. The Morgan fingerprint density at radius 1 is 1.08 bits per heavy atom. The van der Waals surface area contributed by atoms with Crippen LogP contribution in [0.4, 0.5) is 4.39 Å². The van der Waals surface area contributed by atoms with E-state index in [1.807, 2.05) is 42.5 Å². The first kappa shape index (κ1) is 17.4. The van der Waals surface area contributed by atoms with E-state index in [1.54, 1.807) is 0 Å². The zero-order valence-electron chi connectivity index (χ0n) is 13.7. The largest absolute Gasteiger partial charge is 0.367 e. The standard InChI is InChI=1S/C20H23ClFNO/c21-18-10-8-17(9-11-18)20(16-5-2-1-3-6-16)24-14-13-23-12-4-7-19(22)15-23/h1-3,5-6,8-11,19-20H,4,7,12-15H2. The van der Waals surface area contributed by atoms with Gasteiger partial charge in [-0.15, -0.1) is 0 Å². The van der Waals surface area contributed by atoms with Gasteiger partial charge in [0.2, 0.25) is 0 Å². The lowest BCUT2D eigenvalue weighted by atomic mass is 10.0. The second-order valence-electron chi connectivity index (χ2n) is 6.25. The first-order valence-electron chi connectivity index (χ1n) is 8.51. The number of nitrogens with zero attached hydrogens (tertiary/aromatic N) is 1. The van der Waals surface area contributed by atoms with Crippen LogP contribution in [0, 0.1) is 0 Å². The molecular formula is C20H23ClFNO. The fraction of sp³-hybridized carbons (Fsp3) is 0.400. The number of likely N-dealkylation sites (tertiary alicyclic amines) is 1. The molecular weight excluding hydrogens is 325 g/mol. The average Bonchev–Trinajstić information content (AvgIpc) is 2.61. The van der Waals surface area contributed by atoms with E-state index < -0.39 is 6.17 Å². The fourth-order valence-electron chi connectivity index (χ4n) is 3.15. The Morgan fingerprint density at radius 2 is 1.79 bits per heavy atom. The van der Waals surface area contributed by atoms with Gasteiger partial charge >= 0.3 is 0 Å². The Hall–Kier alpha value is -1.42. The lowest BCUT2D eigenvalue weighted by Gasteiger charge is -2.29. The monoisotopic (exact) mass is 347 g/mol. The van der Waals surface area contributed by atoms with E-state index in [0.717, 1.165) is 30.6 Å². The molecule has 2 unspecified atom stereocenters. The molecule has 1 saturated heterocycles. The van der Waals surface area contributed by atoms with Gasteiger partial charge < -0.3 is 4.74 Å². The number of rotatable bonds is 6. The fourth-order valence-corrected chi connectivity index (χ4v) is 3.28. The average molecular weight is 348 g/mol. The topological polar surface area (TPSA) is 12.5 Å². The minimum absolute atomic E-state index is 0.130. The predicted molar refractivity (Wildman–Crippen MR) is 96.3 cm³/mol. The Kier molecular flexibility index (Phi) is 6.24. The third kappa shape index (κ3) is 4.79. The molecule has 0 bridgehead atoms. The van der Waals surface area contributed by atoms with Crippen LogP contribution in [0.2, 0.25) is 5.02 Å². The highest BCUT2D eigenvalue weighted by Gasteiger charge is 2.20. The van der Waals surface area contributed by atoms with Gasteiger partial charge in [-0.3, -0.25) is 4.90 Å². The molecule has 2 aromatic carbocycles. The van der Waals surface area contributed by atoms with Crippen molar-refractivity contribution < 1.29 is 9.13 Å². The molecule has 0 amide bonds. The maximum Gasteiger partial charge on any atom is 0.113 e. The maximum atomic E-state index is 13.5. The smallest absolute Gasteiger partial charge is 0.113 e. The molecule has 1 heterocycles. The van der Waals surface area contributed by atoms with E-state index in [-0.39, 0.29) is 6.10 Å². The van der Waals surface area contributed by atoms with E-state index in [0.29, 0.717) is 24.6 Å². The number of benzene rings is 2. The molecule has 0 saturated carbocycles. The molecule has 24 heavy (non-hydrogen) atoms. The molecule has 4 heteroatoms.